The number of benzene rings is 1. The summed E-state index contributed by atoms with van der Waals surface area (Å²) in [6, 6.07) is 8.93. The van der Waals surface area contributed by atoms with Crippen molar-refractivity contribution in [1.29, 1.82) is 0 Å². The first-order chi connectivity index (χ1) is 9.37. The average Bonchev–Trinajstić information content (AvgIpc) is 2.75. The molecule has 0 spiro atoms. The van der Waals surface area contributed by atoms with Gasteiger partial charge in [0.25, 0.3) is 0 Å². The minimum atomic E-state index is -0.403. The third kappa shape index (κ3) is 4.07. The van der Waals surface area contributed by atoms with E-state index in [0.717, 1.165) is 5.56 Å². The number of nitrogens with one attached hydrogen (secondary N) is 1. The summed E-state index contributed by atoms with van der Waals surface area (Å²) < 4.78 is 0. The molecule has 0 radical (unpaired) electrons. The summed E-state index contributed by atoms with van der Waals surface area (Å²) in [6.07, 6.45) is 3.32. The topological polar surface area (TPSA) is 32.3 Å². The van der Waals surface area contributed by atoms with Crippen molar-refractivity contribution < 1.29 is 5.11 Å². The average molecular weight is 275 g/mol. The van der Waals surface area contributed by atoms with Gasteiger partial charge in [0, 0.05) is 12.6 Å². The van der Waals surface area contributed by atoms with E-state index in [1.54, 1.807) is 0 Å². The fraction of sp³-hybridized carbons (Fsp3) is 0.667. The Balaban J connectivity index is 1.84. The van der Waals surface area contributed by atoms with Gasteiger partial charge in [-0.3, -0.25) is 0 Å². The summed E-state index contributed by atoms with van der Waals surface area (Å²) in [6.45, 7) is 9.69. The summed E-state index contributed by atoms with van der Waals surface area (Å²) in [5, 5.41) is 13.8. The molecule has 0 saturated heterocycles. The molecular formula is C18H29NO. The van der Waals surface area contributed by atoms with Crippen LogP contribution in [0.2, 0.25) is 0 Å². The fourth-order valence-corrected chi connectivity index (χ4v) is 3.11. The Hall–Kier alpha value is -0.860. The molecule has 112 valence electrons. The Morgan fingerprint density at radius 2 is 1.80 bits per heavy atom. The molecule has 1 saturated carbocycles. The highest BCUT2D eigenvalue weighted by atomic mass is 16.3. The minimum Gasteiger partial charge on any atom is -0.387 e. The van der Waals surface area contributed by atoms with Gasteiger partial charge < -0.3 is 10.4 Å². The molecule has 0 amide bonds. The van der Waals surface area contributed by atoms with E-state index in [9.17, 15) is 5.11 Å². The summed E-state index contributed by atoms with van der Waals surface area (Å²) in [5.74, 6) is 0.542. The van der Waals surface area contributed by atoms with Gasteiger partial charge in [-0.05, 0) is 41.7 Å². The highest BCUT2D eigenvalue weighted by molar-refractivity contribution is 5.26. The van der Waals surface area contributed by atoms with Crippen LogP contribution < -0.4 is 5.32 Å². The molecule has 0 heterocycles. The Bertz CT molecular complexity index is 422. The van der Waals surface area contributed by atoms with E-state index in [0.29, 0.717) is 23.9 Å². The lowest BCUT2D eigenvalue weighted by molar-refractivity contribution is 0.169. The van der Waals surface area contributed by atoms with E-state index in [1.807, 2.05) is 0 Å². The lowest BCUT2D eigenvalue weighted by atomic mass is 9.92. The number of aliphatic hydroxyl groups excluding tert-OH is 1. The number of hydrogen-bond donors (Lipinski definition) is 2. The van der Waals surface area contributed by atoms with Gasteiger partial charge in [-0.2, -0.15) is 0 Å². The molecule has 1 fully saturated rings. The highest BCUT2D eigenvalue weighted by Crippen LogP contribution is 2.37. The van der Waals surface area contributed by atoms with Crippen molar-refractivity contribution in [2.45, 2.75) is 65.0 Å². The third-order valence-electron chi connectivity index (χ3n) is 4.56. The SMILES string of the molecule is CC(C)c1ccc(C(O)CNC2CCC(C)(C)C2)cc1. The second kappa shape index (κ2) is 6.28. The summed E-state index contributed by atoms with van der Waals surface area (Å²) in [7, 11) is 0. The lowest BCUT2D eigenvalue weighted by Crippen LogP contribution is -2.31. The molecule has 1 aliphatic carbocycles. The normalized spacial score (nSPS) is 23.2. The molecule has 0 bridgehead atoms. The molecular weight excluding hydrogens is 246 g/mol. The van der Waals surface area contributed by atoms with Crippen molar-refractivity contribution in [1.82, 2.24) is 5.32 Å². The van der Waals surface area contributed by atoms with Crippen molar-refractivity contribution in [2.75, 3.05) is 6.54 Å². The van der Waals surface area contributed by atoms with Crippen LogP contribution in [0.15, 0.2) is 24.3 Å². The molecule has 2 N–H and O–H groups in total. The van der Waals surface area contributed by atoms with Crippen LogP contribution in [0, 0.1) is 5.41 Å². The molecule has 0 aromatic heterocycles. The number of hydrogen-bond acceptors (Lipinski definition) is 2. The van der Waals surface area contributed by atoms with E-state index in [-0.39, 0.29) is 0 Å². The molecule has 1 aliphatic rings. The molecule has 0 aliphatic heterocycles. The van der Waals surface area contributed by atoms with Crippen LogP contribution in [0.3, 0.4) is 0 Å². The Morgan fingerprint density at radius 3 is 2.30 bits per heavy atom. The van der Waals surface area contributed by atoms with Gasteiger partial charge in [0.15, 0.2) is 0 Å². The molecule has 1 aromatic carbocycles. The molecule has 2 heteroatoms. The van der Waals surface area contributed by atoms with Gasteiger partial charge in [0.2, 0.25) is 0 Å². The van der Waals surface area contributed by atoms with E-state index in [1.165, 1.54) is 24.8 Å². The smallest absolute Gasteiger partial charge is 0.0914 e. The minimum absolute atomic E-state index is 0.403. The van der Waals surface area contributed by atoms with Gasteiger partial charge >= 0.3 is 0 Å². The predicted molar refractivity (Wildman–Crippen MR) is 84.9 cm³/mol. The Morgan fingerprint density at radius 1 is 1.20 bits per heavy atom. The number of rotatable bonds is 5. The Kier molecular flexibility index (Phi) is 4.87. The highest BCUT2D eigenvalue weighted by Gasteiger charge is 2.30. The molecule has 2 rings (SSSR count). The van der Waals surface area contributed by atoms with Gasteiger partial charge in [-0.25, -0.2) is 0 Å². The molecule has 2 unspecified atom stereocenters. The number of aliphatic hydroxyl groups is 1. The van der Waals surface area contributed by atoms with Crippen LogP contribution in [-0.2, 0) is 0 Å². The first-order valence-corrected chi connectivity index (χ1v) is 7.89. The second-order valence-corrected chi connectivity index (χ2v) is 7.35. The van der Waals surface area contributed by atoms with Crippen LogP contribution in [0.25, 0.3) is 0 Å². The zero-order chi connectivity index (χ0) is 14.8. The molecule has 2 nitrogen and oxygen atoms in total. The summed E-state index contributed by atoms with van der Waals surface area (Å²) >= 11 is 0. The maximum atomic E-state index is 10.3. The van der Waals surface area contributed by atoms with Crippen LogP contribution in [0.4, 0.5) is 0 Å². The maximum Gasteiger partial charge on any atom is 0.0914 e. The van der Waals surface area contributed by atoms with Crippen molar-refractivity contribution in [2.24, 2.45) is 5.41 Å². The van der Waals surface area contributed by atoms with Gasteiger partial charge in [0.05, 0.1) is 6.10 Å². The van der Waals surface area contributed by atoms with E-state index in [2.05, 4.69) is 57.3 Å². The fourth-order valence-electron chi connectivity index (χ4n) is 3.11. The zero-order valence-corrected chi connectivity index (χ0v) is 13.3. The summed E-state index contributed by atoms with van der Waals surface area (Å²) in [5.41, 5.74) is 2.80. The lowest BCUT2D eigenvalue weighted by Gasteiger charge is -2.20. The van der Waals surface area contributed by atoms with Crippen LogP contribution in [-0.4, -0.2) is 17.7 Å². The van der Waals surface area contributed by atoms with Crippen LogP contribution >= 0.6 is 0 Å². The quantitative estimate of drug-likeness (QED) is 0.851. The third-order valence-corrected chi connectivity index (χ3v) is 4.56. The first-order valence-electron chi connectivity index (χ1n) is 7.89. The monoisotopic (exact) mass is 275 g/mol. The van der Waals surface area contributed by atoms with Crippen molar-refractivity contribution in [3.63, 3.8) is 0 Å². The van der Waals surface area contributed by atoms with Crippen LogP contribution in [0.5, 0.6) is 0 Å². The van der Waals surface area contributed by atoms with Crippen LogP contribution in [0.1, 0.15) is 70.1 Å². The first kappa shape index (κ1) is 15.5. The second-order valence-electron chi connectivity index (χ2n) is 7.35. The summed E-state index contributed by atoms with van der Waals surface area (Å²) in [4.78, 5) is 0. The van der Waals surface area contributed by atoms with E-state index < -0.39 is 6.10 Å². The maximum absolute atomic E-state index is 10.3. The molecule has 20 heavy (non-hydrogen) atoms. The zero-order valence-electron chi connectivity index (χ0n) is 13.3. The van der Waals surface area contributed by atoms with Gasteiger partial charge in [0.1, 0.15) is 0 Å². The van der Waals surface area contributed by atoms with Gasteiger partial charge in [-0.15, -0.1) is 0 Å². The van der Waals surface area contributed by atoms with Crippen molar-refractivity contribution in [3.05, 3.63) is 35.4 Å². The standard InChI is InChI=1S/C18H29NO/c1-13(2)14-5-7-15(8-6-14)17(20)12-19-16-9-10-18(3,4)11-16/h5-8,13,16-17,19-20H,9-12H2,1-4H3. The largest absolute Gasteiger partial charge is 0.387 e. The van der Waals surface area contributed by atoms with Crippen molar-refractivity contribution >= 4 is 0 Å². The predicted octanol–water partition coefficient (Wildman–Crippen LogP) is 4.01. The van der Waals surface area contributed by atoms with Crippen molar-refractivity contribution in [3.8, 4) is 0 Å². The molecule has 1 aromatic rings. The Labute approximate surface area is 123 Å². The van der Waals surface area contributed by atoms with E-state index in [4.69, 9.17) is 0 Å². The molecule has 2 atom stereocenters. The van der Waals surface area contributed by atoms with E-state index >= 15 is 0 Å². The van der Waals surface area contributed by atoms with Gasteiger partial charge in [-0.1, -0.05) is 52.0 Å².